The first-order chi connectivity index (χ1) is 16.1. The number of amides is 1. The van der Waals surface area contributed by atoms with Crippen molar-refractivity contribution in [1.29, 1.82) is 0 Å². The van der Waals surface area contributed by atoms with Gasteiger partial charge in [0.1, 0.15) is 5.82 Å². The van der Waals surface area contributed by atoms with Gasteiger partial charge in [0.25, 0.3) is 5.91 Å². The van der Waals surface area contributed by atoms with Crippen molar-refractivity contribution in [3.05, 3.63) is 95.7 Å². The average molecular weight is 437 g/mol. The first kappa shape index (κ1) is 20.1. The zero-order chi connectivity index (χ0) is 22.8. The van der Waals surface area contributed by atoms with Crippen molar-refractivity contribution < 1.29 is 9.59 Å². The second-order valence-corrected chi connectivity index (χ2v) is 7.40. The molecule has 33 heavy (non-hydrogen) atoms. The highest BCUT2D eigenvalue weighted by Crippen LogP contribution is 2.22. The summed E-state index contributed by atoms with van der Waals surface area (Å²) in [5.74, 6) is 0.509. The second kappa shape index (κ2) is 8.39. The Morgan fingerprint density at radius 1 is 1.03 bits per heavy atom. The maximum atomic E-state index is 13.1. The molecule has 9 heteroatoms. The van der Waals surface area contributed by atoms with Crippen molar-refractivity contribution in [1.82, 2.24) is 29.7 Å². The Hall–Kier alpha value is -4.79. The number of rotatable bonds is 6. The number of anilines is 1. The van der Waals surface area contributed by atoms with Crippen LogP contribution in [-0.2, 0) is 7.05 Å². The van der Waals surface area contributed by atoms with Gasteiger partial charge in [0.15, 0.2) is 11.6 Å². The average Bonchev–Trinajstić information content (AvgIpc) is 3.58. The van der Waals surface area contributed by atoms with Gasteiger partial charge in [0, 0.05) is 54.0 Å². The number of imidazole rings is 2. The predicted octanol–water partition coefficient (Wildman–Crippen LogP) is 3.67. The zero-order valence-electron chi connectivity index (χ0n) is 17.6. The number of hydrogen-bond acceptors (Lipinski definition) is 5. The fourth-order valence-electron chi connectivity index (χ4n) is 3.51. The smallest absolute Gasteiger partial charge is 0.291 e. The lowest BCUT2D eigenvalue weighted by Gasteiger charge is -2.07. The van der Waals surface area contributed by atoms with E-state index in [9.17, 15) is 9.59 Å². The Balaban J connectivity index is 1.37. The van der Waals surface area contributed by atoms with E-state index in [-0.39, 0.29) is 17.5 Å². The highest BCUT2D eigenvalue weighted by Gasteiger charge is 2.15. The molecule has 0 aliphatic rings. The maximum absolute atomic E-state index is 13.1. The number of carbonyl (C=O) groups is 2. The molecule has 162 valence electrons. The number of aryl methyl sites for hydroxylation is 1. The van der Waals surface area contributed by atoms with Crippen molar-refractivity contribution in [2.75, 3.05) is 5.32 Å². The van der Waals surface area contributed by atoms with Crippen molar-refractivity contribution >= 4 is 40.4 Å². The molecule has 9 nitrogen and oxygen atoms in total. The van der Waals surface area contributed by atoms with Crippen molar-refractivity contribution in [2.45, 2.75) is 0 Å². The van der Waals surface area contributed by atoms with Gasteiger partial charge in [-0.25, -0.2) is 9.97 Å². The summed E-state index contributed by atoms with van der Waals surface area (Å²) in [4.78, 5) is 36.7. The molecule has 5 aromatic rings. The molecule has 0 unspecified atom stereocenters. The summed E-state index contributed by atoms with van der Waals surface area (Å²) >= 11 is 0. The highest BCUT2D eigenvalue weighted by molar-refractivity contribution is 6.11. The molecule has 1 amide bonds. The molecular weight excluding hydrogens is 418 g/mol. The van der Waals surface area contributed by atoms with E-state index < -0.39 is 0 Å². The fraction of sp³-hybridized carbons (Fsp3) is 0.0417. The summed E-state index contributed by atoms with van der Waals surface area (Å²) in [6.07, 6.45) is 10.4. The maximum Gasteiger partial charge on any atom is 0.291 e. The Kier molecular flexibility index (Phi) is 5.12. The molecule has 0 saturated heterocycles. The van der Waals surface area contributed by atoms with Crippen LogP contribution < -0.4 is 5.32 Å². The minimum atomic E-state index is -0.346. The van der Waals surface area contributed by atoms with E-state index >= 15 is 0 Å². The molecule has 0 fully saturated rings. The summed E-state index contributed by atoms with van der Waals surface area (Å²) < 4.78 is 1.63. The van der Waals surface area contributed by atoms with Crippen LogP contribution in [0.25, 0.3) is 23.1 Å². The fourth-order valence-corrected chi connectivity index (χ4v) is 3.51. The van der Waals surface area contributed by atoms with E-state index in [0.29, 0.717) is 16.8 Å². The van der Waals surface area contributed by atoms with E-state index in [1.807, 2.05) is 18.2 Å². The number of benzene rings is 2. The monoisotopic (exact) mass is 437 g/mol. The second-order valence-electron chi connectivity index (χ2n) is 7.40. The van der Waals surface area contributed by atoms with Crippen LogP contribution in [0.2, 0.25) is 0 Å². The van der Waals surface area contributed by atoms with Gasteiger partial charge in [-0.1, -0.05) is 18.2 Å². The van der Waals surface area contributed by atoms with Crippen LogP contribution in [0, 0.1) is 0 Å². The van der Waals surface area contributed by atoms with Crippen LogP contribution in [0.3, 0.4) is 0 Å². The third-order valence-electron chi connectivity index (χ3n) is 5.18. The molecule has 3 aromatic heterocycles. The standard InChI is InChI=1S/C24H19N7O2/c1-31-12-11-27-23(31)24(33)28-17-4-2-3-15(13-17)22(32)16-5-6-18-19(29-30-20(18)14-16)7-8-21-25-9-10-26-21/h2-14H,1H3,(H,25,26)(H,28,33)(H,29,30)/b8-7+. The molecular formula is C24H19N7O2. The van der Waals surface area contributed by atoms with Crippen molar-refractivity contribution in [3.8, 4) is 0 Å². The highest BCUT2D eigenvalue weighted by atomic mass is 16.2. The minimum absolute atomic E-state index is 0.160. The number of hydrogen-bond donors (Lipinski definition) is 3. The molecule has 3 N–H and O–H groups in total. The number of aromatic nitrogens is 6. The number of nitrogens with zero attached hydrogens (tertiary/aromatic N) is 4. The van der Waals surface area contributed by atoms with Gasteiger partial charge in [-0.05, 0) is 36.4 Å². The Bertz CT molecular complexity index is 1490. The SMILES string of the molecule is Cn1ccnc1C(=O)Nc1cccc(C(=O)c2ccc3c(/C=C/c4ncc[nH]4)n[nH]c3c2)c1. The third-order valence-corrected chi connectivity index (χ3v) is 5.18. The predicted molar refractivity (Wildman–Crippen MR) is 125 cm³/mol. The van der Waals surface area contributed by atoms with Crippen molar-refractivity contribution in [2.24, 2.45) is 7.05 Å². The number of H-pyrrole nitrogens is 2. The largest absolute Gasteiger partial charge is 0.345 e. The summed E-state index contributed by atoms with van der Waals surface area (Å²) in [5.41, 5.74) is 2.99. The Labute approximate surface area is 188 Å². The van der Waals surface area contributed by atoms with Crippen molar-refractivity contribution in [3.63, 3.8) is 0 Å². The molecule has 0 atom stereocenters. The molecule has 0 aliphatic carbocycles. The lowest BCUT2D eigenvalue weighted by molar-refractivity contribution is 0.101. The topological polar surface area (TPSA) is 121 Å². The van der Waals surface area contributed by atoms with Crippen LogP contribution in [0.5, 0.6) is 0 Å². The number of ketones is 1. The summed E-state index contributed by atoms with van der Waals surface area (Å²) in [7, 11) is 1.74. The van der Waals surface area contributed by atoms with Crippen LogP contribution in [0.1, 0.15) is 38.1 Å². The lowest BCUT2D eigenvalue weighted by Crippen LogP contribution is -2.17. The molecule has 0 saturated carbocycles. The molecule has 0 spiro atoms. The minimum Gasteiger partial charge on any atom is -0.345 e. The molecule has 5 rings (SSSR count). The lowest BCUT2D eigenvalue weighted by atomic mass is 10.0. The molecule has 0 radical (unpaired) electrons. The molecule has 3 heterocycles. The van der Waals surface area contributed by atoms with Gasteiger partial charge in [-0.15, -0.1) is 0 Å². The first-order valence-corrected chi connectivity index (χ1v) is 10.2. The molecule has 0 bridgehead atoms. The van der Waals surface area contributed by atoms with E-state index in [4.69, 9.17) is 0 Å². The summed E-state index contributed by atoms with van der Waals surface area (Å²) in [5, 5.41) is 11.0. The quantitative estimate of drug-likeness (QED) is 0.350. The normalized spacial score (nSPS) is 11.3. The summed E-state index contributed by atoms with van der Waals surface area (Å²) in [6, 6.07) is 12.2. The number of carbonyl (C=O) groups excluding carboxylic acids is 2. The Morgan fingerprint density at radius 2 is 1.91 bits per heavy atom. The van der Waals surface area contributed by atoms with Gasteiger partial charge in [0.05, 0.1) is 11.2 Å². The van der Waals surface area contributed by atoms with Crippen LogP contribution in [0.15, 0.2) is 67.3 Å². The Morgan fingerprint density at radius 3 is 2.70 bits per heavy atom. The number of nitrogens with one attached hydrogen (secondary N) is 3. The number of fused-ring (bicyclic) bond motifs is 1. The first-order valence-electron chi connectivity index (χ1n) is 10.2. The van der Waals surface area contributed by atoms with Crippen LogP contribution in [0.4, 0.5) is 5.69 Å². The zero-order valence-corrected chi connectivity index (χ0v) is 17.6. The van der Waals surface area contributed by atoms with Gasteiger partial charge >= 0.3 is 0 Å². The molecule has 0 aliphatic heterocycles. The van der Waals surface area contributed by atoms with Crippen LogP contribution in [-0.4, -0.2) is 41.4 Å². The van der Waals surface area contributed by atoms with Gasteiger partial charge in [-0.2, -0.15) is 5.10 Å². The van der Waals surface area contributed by atoms with E-state index in [0.717, 1.165) is 22.4 Å². The molecule has 2 aromatic carbocycles. The van der Waals surface area contributed by atoms with E-state index in [1.54, 1.807) is 72.8 Å². The van der Waals surface area contributed by atoms with Gasteiger partial charge in [-0.3, -0.25) is 14.7 Å². The third kappa shape index (κ3) is 4.07. The van der Waals surface area contributed by atoms with Crippen LogP contribution >= 0.6 is 0 Å². The van der Waals surface area contributed by atoms with Gasteiger partial charge < -0.3 is 14.9 Å². The van der Waals surface area contributed by atoms with Gasteiger partial charge in [0.2, 0.25) is 0 Å². The number of aromatic amines is 2. The van der Waals surface area contributed by atoms with E-state index in [2.05, 4.69) is 30.5 Å². The van der Waals surface area contributed by atoms with E-state index in [1.165, 1.54) is 0 Å². The summed E-state index contributed by atoms with van der Waals surface area (Å²) in [6.45, 7) is 0.